The maximum atomic E-state index is 5.48. The zero-order valence-electron chi connectivity index (χ0n) is 18.7. The summed E-state index contributed by atoms with van der Waals surface area (Å²) >= 11 is 3.65. The molecule has 166 valence electrons. The second-order valence-corrected chi connectivity index (χ2v) is 8.48. The van der Waals surface area contributed by atoms with Gasteiger partial charge in [-0.3, -0.25) is 0 Å². The molecule has 0 unspecified atom stereocenters. The normalized spacial score (nSPS) is 11.2. The van der Waals surface area contributed by atoms with Gasteiger partial charge in [0.25, 0.3) is 0 Å². The van der Waals surface area contributed by atoms with Crippen molar-refractivity contribution < 1.29 is 14.2 Å². The molecule has 0 spiro atoms. The van der Waals surface area contributed by atoms with E-state index in [1.165, 1.54) is 0 Å². The quantitative estimate of drug-likeness (QED) is 0.281. The Hall–Kier alpha value is -3.58. The maximum absolute atomic E-state index is 5.48. The van der Waals surface area contributed by atoms with E-state index in [0.29, 0.717) is 11.5 Å². The Balaban J connectivity index is 1.65. The number of hydrogen-bond donors (Lipinski definition) is 0. The number of halogens is 1. The van der Waals surface area contributed by atoms with Crippen molar-refractivity contribution in [2.45, 2.75) is 6.92 Å². The predicted octanol–water partition coefficient (Wildman–Crippen LogP) is 6.31. The molecule has 0 atom stereocenters. The smallest absolute Gasteiger partial charge is 0.163 e. The van der Waals surface area contributed by atoms with Crippen LogP contribution in [0.5, 0.6) is 17.2 Å². The highest BCUT2D eigenvalue weighted by molar-refractivity contribution is 9.10. The first-order valence-electron chi connectivity index (χ1n) is 10.4. The Morgan fingerprint density at radius 2 is 1.55 bits per heavy atom. The van der Waals surface area contributed by atoms with Gasteiger partial charge in [-0.2, -0.15) is 5.10 Å². The Morgan fingerprint density at radius 3 is 2.30 bits per heavy atom. The monoisotopic (exact) mass is 503 g/mol. The lowest BCUT2D eigenvalue weighted by Gasteiger charge is -2.11. The highest BCUT2D eigenvalue weighted by Gasteiger charge is 2.15. The van der Waals surface area contributed by atoms with Crippen LogP contribution in [0.25, 0.3) is 38.8 Å². The van der Waals surface area contributed by atoms with E-state index in [0.717, 1.165) is 54.6 Å². The van der Waals surface area contributed by atoms with Gasteiger partial charge in [-0.1, -0.05) is 24.3 Å². The van der Waals surface area contributed by atoms with Crippen molar-refractivity contribution in [2.24, 2.45) is 0 Å². The van der Waals surface area contributed by atoms with Crippen molar-refractivity contribution in [3.05, 3.63) is 71.0 Å². The number of hydrogen-bond acceptors (Lipinski definition) is 5. The fourth-order valence-electron chi connectivity index (χ4n) is 4.08. The Morgan fingerprint density at radius 1 is 0.818 bits per heavy atom. The molecule has 2 aromatic heterocycles. The fraction of sp³-hybridized carbons (Fsp3) is 0.154. The van der Waals surface area contributed by atoms with Crippen LogP contribution in [0.15, 0.2) is 65.4 Å². The van der Waals surface area contributed by atoms with Crippen LogP contribution in [-0.4, -0.2) is 35.9 Å². The number of ether oxygens (including phenoxy) is 3. The van der Waals surface area contributed by atoms with Crippen molar-refractivity contribution in [1.82, 2.24) is 14.6 Å². The number of aryl methyl sites for hydroxylation is 1. The van der Waals surface area contributed by atoms with Crippen molar-refractivity contribution >= 4 is 32.3 Å². The van der Waals surface area contributed by atoms with Crippen LogP contribution in [0.4, 0.5) is 0 Å². The molecule has 0 fully saturated rings. The van der Waals surface area contributed by atoms with Crippen molar-refractivity contribution in [2.75, 3.05) is 21.3 Å². The average Bonchev–Trinajstić information content (AvgIpc) is 3.25. The van der Waals surface area contributed by atoms with Crippen molar-refractivity contribution in [3.63, 3.8) is 0 Å². The molecule has 0 aliphatic heterocycles. The molecule has 0 aliphatic carbocycles. The maximum Gasteiger partial charge on any atom is 0.163 e. The first-order valence-corrected chi connectivity index (χ1v) is 11.2. The van der Waals surface area contributed by atoms with Crippen molar-refractivity contribution in [1.29, 1.82) is 0 Å². The third kappa shape index (κ3) is 3.58. The summed E-state index contributed by atoms with van der Waals surface area (Å²) in [6.45, 7) is 2.05. The SMILES string of the molecule is COc1ccc(-c2cnn3cc(C)c(-c4ccc5c(Br)c(OC)ccc5c4)nc23)cc1OC. The third-order valence-electron chi connectivity index (χ3n) is 5.78. The van der Waals surface area contributed by atoms with Gasteiger partial charge in [-0.15, -0.1) is 0 Å². The minimum atomic E-state index is 0.664. The minimum Gasteiger partial charge on any atom is -0.496 e. The molecular formula is C26H22BrN3O3. The molecule has 5 aromatic rings. The third-order valence-corrected chi connectivity index (χ3v) is 6.60. The molecule has 0 saturated heterocycles. The van der Waals surface area contributed by atoms with Gasteiger partial charge in [0, 0.05) is 17.3 Å². The molecule has 2 heterocycles. The van der Waals surface area contributed by atoms with Gasteiger partial charge < -0.3 is 14.2 Å². The molecule has 33 heavy (non-hydrogen) atoms. The first-order chi connectivity index (χ1) is 16.0. The molecule has 6 nitrogen and oxygen atoms in total. The average molecular weight is 504 g/mol. The van der Waals surface area contributed by atoms with Gasteiger partial charge in [-0.25, -0.2) is 9.50 Å². The zero-order valence-corrected chi connectivity index (χ0v) is 20.3. The van der Waals surface area contributed by atoms with Crippen LogP contribution in [0, 0.1) is 6.92 Å². The number of methoxy groups -OCH3 is 3. The largest absolute Gasteiger partial charge is 0.496 e. The van der Waals surface area contributed by atoms with Crippen LogP contribution < -0.4 is 14.2 Å². The molecule has 0 bridgehead atoms. The highest BCUT2D eigenvalue weighted by atomic mass is 79.9. The Kier molecular flexibility index (Phi) is 5.42. The topological polar surface area (TPSA) is 57.9 Å². The number of fused-ring (bicyclic) bond motifs is 2. The van der Waals surface area contributed by atoms with Crippen LogP contribution in [0.1, 0.15) is 5.56 Å². The lowest BCUT2D eigenvalue weighted by atomic mass is 10.0. The molecule has 0 aliphatic rings. The number of aromatic nitrogens is 3. The van der Waals surface area contributed by atoms with Crippen molar-refractivity contribution in [3.8, 4) is 39.6 Å². The van der Waals surface area contributed by atoms with E-state index in [4.69, 9.17) is 19.2 Å². The van der Waals surface area contributed by atoms with E-state index in [-0.39, 0.29) is 0 Å². The molecule has 0 saturated carbocycles. The minimum absolute atomic E-state index is 0.664. The van der Waals surface area contributed by atoms with Crippen LogP contribution in [0.2, 0.25) is 0 Å². The first kappa shape index (κ1) is 21.3. The Bertz CT molecular complexity index is 1510. The van der Waals surface area contributed by atoms with Crippen LogP contribution >= 0.6 is 15.9 Å². The van der Waals surface area contributed by atoms with Crippen LogP contribution in [0.3, 0.4) is 0 Å². The molecule has 0 N–H and O–H groups in total. The highest BCUT2D eigenvalue weighted by Crippen LogP contribution is 2.37. The van der Waals surface area contributed by atoms with E-state index in [2.05, 4.69) is 45.3 Å². The van der Waals surface area contributed by atoms with E-state index < -0.39 is 0 Å². The molecule has 0 radical (unpaired) electrons. The number of rotatable bonds is 5. The van der Waals surface area contributed by atoms with Gasteiger partial charge in [0.05, 0.1) is 37.7 Å². The summed E-state index contributed by atoms with van der Waals surface area (Å²) in [5.41, 5.74) is 5.65. The zero-order chi connectivity index (χ0) is 23.1. The Labute approximate surface area is 199 Å². The second-order valence-electron chi connectivity index (χ2n) is 7.69. The summed E-state index contributed by atoms with van der Waals surface area (Å²) in [5.74, 6) is 2.16. The van der Waals surface area contributed by atoms with Crippen LogP contribution in [-0.2, 0) is 0 Å². The van der Waals surface area contributed by atoms with E-state index >= 15 is 0 Å². The van der Waals surface area contributed by atoms with E-state index in [1.807, 2.05) is 48.1 Å². The van der Waals surface area contributed by atoms with Gasteiger partial charge in [0.1, 0.15) is 5.75 Å². The second kappa shape index (κ2) is 8.41. The molecule has 7 heteroatoms. The molecule has 3 aromatic carbocycles. The molecule has 0 amide bonds. The van der Waals surface area contributed by atoms with E-state index in [1.54, 1.807) is 21.3 Å². The lowest BCUT2D eigenvalue weighted by molar-refractivity contribution is 0.355. The van der Waals surface area contributed by atoms with Gasteiger partial charge >= 0.3 is 0 Å². The predicted molar refractivity (Wildman–Crippen MR) is 133 cm³/mol. The van der Waals surface area contributed by atoms with E-state index in [9.17, 15) is 0 Å². The molecule has 5 rings (SSSR count). The summed E-state index contributed by atoms with van der Waals surface area (Å²) in [6.07, 6.45) is 3.84. The number of nitrogens with zero attached hydrogens (tertiary/aromatic N) is 3. The summed E-state index contributed by atoms with van der Waals surface area (Å²) in [5, 5.41) is 6.73. The summed E-state index contributed by atoms with van der Waals surface area (Å²) in [7, 11) is 4.93. The van der Waals surface area contributed by atoms with Gasteiger partial charge in [-0.05, 0) is 69.0 Å². The summed E-state index contributed by atoms with van der Waals surface area (Å²) in [4.78, 5) is 5.03. The lowest BCUT2D eigenvalue weighted by Crippen LogP contribution is -1.97. The molecular weight excluding hydrogens is 482 g/mol. The summed E-state index contributed by atoms with van der Waals surface area (Å²) < 4.78 is 19.0. The standard InChI is InChI=1S/C26H22BrN3O3/c1-15-14-30-26(20(13-28-30)17-6-9-21(31-2)23(12-17)33-4)29-25(15)18-5-8-19-16(11-18)7-10-22(32-3)24(19)27/h5-14H,1-4H3. The van der Waals surface area contributed by atoms with Gasteiger partial charge in [0.15, 0.2) is 17.1 Å². The number of benzene rings is 3. The summed E-state index contributed by atoms with van der Waals surface area (Å²) in [6, 6.07) is 16.2. The fourth-order valence-corrected chi connectivity index (χ4v) is 4.73. The van der Waals surface area contributed by atoms with Gasteiger partial charge in [0.2, 0.25) is 0 Å².